The minimum absolute atomic E-state index is 0.438. The van der Waals surface area contributed by atoms with E-state index >= 15 is 0 Å². The van der Waals surface area contributed by atoms with Crippen molar-refractivity contribution in [3.8, 4) is 5.75 Å². The molecule has 0 fully saturated rings. The van der Waals surface area contributed by atoms with E-state index in [1.807, 2.05) is 48.5 Å². The van der Waals surface area contributed by atoms with Crippen LogP contribution in [0.4, 0.5) is 0 Å². The van der Waals surface area contributed by atoms with Crippen molar-refractivity contribution in [1.82, 2.24) is 14.9 Å². The Kier molecular flexibility index (Phi) is 4.57. The molecule has 0 bridgehead atoms. The monoisotopic (exact) mass is 360 g/mol. The average Bonchev–Trinajstić information content (AvgIpc) is 3.10. The highest BCUT2D eigenvalue weighted by atomic mass is 32.1. The summed E-state index contributed by atoms with van der Waals surface area (Å²) in [7, 11) is 0. The molecule has 0 atom stereocenters. The first-order valence-electron chi connectivity index (χ1n) is 8.16. The second kappa shape index (κ2) is 7.33. The zero-order valence-electron chi connectivity index (χ0n) is 13.9. The van der Waals surface area contributed by atoms with Crippen LogP contribution in [0.5, 0.6) is 5.75 Å². The molecule has 6 heteroatoms. The molecule has 128 valence electrons. The second-order valence-electron chi connectivity index (χ2n) is 5.72. The lowest BCUT2D eigenvalue weighted by atomic mass is 10.0. The standard InChI is InChI=1S/C20H16N4OS/c26-20-23-21-14-24(20)22-12-18-17-9-5-4-8-16(17)10-11-19(18)25-13-15-6-2-1-3-7-15/h1-12,14H,13H2,(H,23,26). The maximum atomic E-state index is 6.08. The number of fused-ring (bicyclic) bond motifs is 1. The fourth-order valence-electron chi connectivity index (χ4n) is 2.71. The Bertz CT molecular complexity index is 1120. The van der Waals surface area contributed by atoms with Crippen molar-refractivity contribution in [2.45, 2.75) is 6.61 Å². The number of H-pyrrole nitrogens is 1. The number of hydrogen-bond acceptors (Lipinski definition) is 4. The summed E-state index contributed by atoms with van der Waals surface area (Å²) in [4.78, 5) is 0. The van der Waals surface area contributed by atoms with E-state index in [0.29, 0.717) is 11.4 Å². The number of aromatic nitrogens is 3. The third-order valence-corrected chi connectivity index (χ3v) is 4.29. The molecule has 0 spiro atoms. The van der Waals surface area contributed by atoms with Gasteiger partial charge in [0.2, 0.25) is 4.77 Å². The van der Waals surface area contributed by atoms with Gasteiger partial charge in [0, 0.05) is 5.56 Å². The fraction of sp³-hybridized carbons (Fsp3) is 0.0500. The Morgan fingerprint density at radius 3 is 2.65 bits per heavy atom. The van der Waals surface area contributed by atoms with Gasteiger partial charge in [-0.3, -0.25) is 5.10 Å². The van der Waals surface area contributed by atoms with Crippen LogP contribution in [0.2, 0.25) is 0 Å². The van der Waals surface area contributed by atoms with Crippen LogP contribution in [0.1, 0.15) is 11.1 Å². The molecule has 1 aromatic heterocycles. The molecule has 0 aliphatic rings. The predicted octanol–water partition coefficient (Wildman–Crippen LogP) is 4.56. The number of rotatable bonds is 5. The van der Waals surface area contributed by atoms with Crippen molar-refractivity contribution in [1.29, 1.82) is 0 Å². The quantitative estimate of drug-likeness (QED) is 0.419. The first-order valence-corrected chi connectivity index (χ1v) is 8.57. The first kappa shape index (κ1) is 16.2. The van der Waals surface area contributed by atoms with Crippen molar-refractivity contribution < 1.29 is 4.74 Å². The van der Waals surface area contributed by atoms with Gasteiger partial charge in [-0.2, -0.15) is 14.9 Å². The van der Waals surface area contributed by atoms with Crippen LogP contribution in [-0.2, 0) is 6.61 Å². The van der Waals surface area contributed by atoms with Crippen LogP contribution in [0.25, 0.3) is 10.8 Å². The van der Waals surface area contributed by atoms with Crippen molar-refractivity contribution in [3.05, 3.63) is 89.0 Å². The molecule has 0 radical (unpaired) electrons. The minimum Gasteiger partial charge on any atom is -0.488 e. The lowest BCUT2D eigenvalue weighted by Gasteiger charge is -2.12. The molecular formula is C20H16N4OS. The molecule has 4 aromatic rings. The summed E-state index contributed by atoms with van der Waals surface area (Å²) >= 11 is 5.14. The van der Waals surface area contributed by atoms with Gasteiger partial charge in [0.1, 0.15) is 18.7 Å². The van der Waals surface area contributed by atoms with Gasteiger partial charge in [0.25, 0.3) is 0 Å². The van der Waals surface area contributed by atoms with Crippen molar-refractivity contribution in [3.63, 3.8) is 0 Å². The van der Waals surface area contributed by atoms with Crippen molar-refractivity contribution in [2.75, 3.05) is 0 Å². The Morgan fingerprint density at radius 2 is 1.85 bits per heavy atom. The summed E-state index contributed by atoms with van der Waals surface area (Å²) in [5, 5.41) is 13.2. The van der Waals surface area contributed by atoms with Crippen LogP contribution in [0.15, 0.2) is 78.2 Å². The Morgan fingerprint density at radius 1 is 1.04 bits per heavy atom. The molecule has 3 aromatic carbocycles. The van der Waals surface area contributed by atoms with Crippen LogP contribution >= 0.6 is 12.2 Å². The summed E-state index contributed by atoms with van der Waals surface area (Å²) in [6.07, 6.45) is 3.29. The molecule has 1 N–H and O–H groups in total. The van der Waals surface area contributed by atoms with E-state index in [4.69, 9.17) is 17.0 Å². The molecule has 0 saturated carbocycles. The van der Waals surface area contributed by atoms with Gasteiger partial charge in [-0.25, -0.2) is 0 Å². The molecule has 0 aliphatic carbocycles. The van der Waals surface area contributed by atoms with E-state index in [9.17, 15) is 0 Å². The molecular weight excluding hydrogens is 344 g/mol. The number of ether oxygens (including phenoxy) is 1. The highest BCUT2D eigenvalue weighted by molar-refractivity contribution is 7.71. The lowest BCUT2D eigenvalue weighted by Crippen LogP contribution is -2.00. The topological polar surface area (TPSA) is 55.2 Å². The van der Waals surface area contributed by atoms with E-state index < -0.39 is 0 Å². The van der Waals surface area contributed by atoms with Gasteiger partial charge in [-0.15, -0.1) is 0 Å². The summed E-state index contributed by atoms with van der Waals surface area (Å²) in [6.45, 7) is 0.491. The Labute approximate surface area is 155 Å². The first-order chi connectivity index (χ1) is 12.8. The smallest absolute Gasteiger partial charge is 0.216 e. The Hall–Kier alpha value is -3.25. The van der Waals surface area contributed by atoms with E-state index in [0.717, 1.165) is 27.6 Å². The number of hydrogen-bond donors (Lipinski definition) is 1. The summed E-state index contributed by atoms with van der Waals surface area (Å²) < 4.78 is 8.03. The lowest BCUT2D eigenvalue weighted by molar-refractivity contribution is 0.306. The third-order valence-electron chi connectivity index (χ3n) is 4.01. The van der Waals surface area contributed by atoms with Crippen LogP contribution in [0.3, 0.4) is 0 Å². The molecule has 0 aliphatic heterocycles. The largest absolute Gasteiger partial charge is 0.488 e. The van der Waals surface area contributed by atoms with Crippen LogP contribution in [-0.4, -0.2) is 21.1 Å². The van der Waals surface area contributed by atoms with Gasteiger partial charge in [0.05, 0.1) is 6.21 Å². The van der Waals surface area contributed by atoms with E-state index in [-0.39, 0.29) is 0 Å². The Balaban J connectivity index is 1.73. The number of nitrogens with one attached hydrogen (secondary N) is 1. The SMILES string of the molecule is S=c1[nH]ncn1N=Cc1c(OCc2ccccc2)ccc2ccccc12. The van der Waals surface area contributed by atoms with E-state index in [2.05, 4.69) is 33.5 Å². The number of benzene rings is 3. The minimum atomic E-state index is 0.438. The molecule has 26 heavy (non-hydrogen) atoms. The number of nitrogens with zero attached hydrogens (tertiary/aromatic N) is 3. The maximum absolute atomic E-state index is 6.08. The molecule has 1 heterocycles. The van der Waals surface area contributed by atoms with Crippen molar-refractivity contribution in [2.24, 2.45) is 5.10 Å². The second-order valence-corrected chi connectivity index (χ2v) is 6.11. The van der Waals surface area contributed by atoms with Gasteiger partial charge in [0.15, 0.2) is 0 Å². The zero-order chi connectivity index (χ0) is 17.8. The average molecular weight is 360 g/mol. The third kappa shape index (κ3) is 3.41. The van der Waals surface area contributed by atoms with Gasteiger partial charge in [-0.1, -0.05) is 60.7 Å². The summed E-state index contributed by atoms with van der Waals surface area (Å²) in [5.74, 6) is 0.770. The molecule has 0 unspecified atom stereocenters. The molecule has 0 saturated heterocycles. The zero-order valence-corrected chi connectivity index (χ0v) is 14.7. The molecule has 4 rings (SSSR count). The van der Waals surface area contributed by atoms with Gasteiger partial charge < -0.3 is 4.74 Å². The van der Waals surface area contributed by atoms with E-state index in [1.54, 1.807) is 6.21 Å². The van der Waals surface area contributed by atoms with E-state index in [1.165, 1.54) is 11.0 Å². The van der Waals surface area contributed by atoms with Crippen LogP contribution < -0.4 is 4.74 Å². The highest BCUT2D eigenvalue weighted by Crippen LogP contribution is 2.27. The van der Waals surface area contributed by atoms with Gasteiger partial charge in [-0.05, 0) is 34.6 Å². The number of aromatic amines is 1. The highest BCUT2D eigenvalue weighted by Gasteiger charge is 2.08. The predicted molar refractivity (Wildman–Crippen MR) is 105 cm³/mol. The maximum Gasteiger partial charge on any atom is 0.216 e. The fourth-order valence-corrected chi connectivity index (χ4v) is 2.86. The summed E-state index contributed by atoms with van der Waals surface area (Å²) in [6, 6.07) is 22.2. The van der Waals surface area contributed by atoms with Crippen LogP contribution in [0, 0.1) is 4.77 Å². The van der Waals surface area contributed by atoms with Gasteiger partial charge >= 0.3 is 0 Å². The van der Waals surface area contributed by atoms with Crippen molar-refractivity contribution >= 4 is 29.2 Å². The molecule has 5 nitrogen and oxygen atoms in total. The summed E-state index contributed by atoms with van der Waals surface area (Å²) in [5.41, 5.74) is 2.02. The normalized spacial score (nSPS) is 11.2. The molecule has 0 amide bonds.